The fourth-order valence-corrected chi connectivity index (χ4v) is 3.44. The van der Waals surface area contributed by atoms with E-state index in [-0.39, 0.29) is 17.0 Å². The molecule has 8 nitrogen and oxygen atoms in total. The number of nitrogens with zero attached hydrogens (tertiary/aromatic N) is 2. The molecule has 0 aliphatic heterocycles. The summed E-state index contributed by atoms with van der Waals surface area (Å²) in [5, 5.41) is 3.51. The van der Waals surface area contributed by atoms with Gasteiger partial charge in [0.15, 0.2) is 11.5 Å². The van der Waals surface area contributed by atoms with Crippen LogP contribution in [0.15, 0.2) is 47.6 Å². The molecule has 12 heteroatoms. The maximum absolute atomic E-state index is 13.0. The topological polar surface area (TPSA) is 97.3 Å². The van der Waals surface area contributed by atoms with Gasteiger partial charge in [-0.1, -0.05) is 18.2 Å². The van der Waals surface area contributed by atoms with Crippen molar-refractivity contribution in [3.8, 4) is 11.5 Å². The third-order valence-electron chi connectivity index (χ3n) is 4.00. The number of hydrogen-bond donors (Lipinski definition) is 1. The molecule has 0 aliphatic rings. The summed E-state index contributed by atoms with van der Waals surface area (Å²) in [6.07, 6.45) is -2.85. The molecular formula is C19H20F3N3O5S. The second-order valence-corrected chi connectivity index (χ2v) is 8.09. The molecule has 2 aromatic rings. The van der Waals surface area contributed by atoms with Crippen molar-refractivity contribution in [2.75, 3.05) is 31.3 Å². The van der Waals surface area contributed by atoms with Gasteiger partial charge in [-0.25, -0.2) is 13.8 Å². The molecule has 2 aromatic carbocycles. The summed E-state index contributed by atoms with van der Waals surface area (Å²) in [6, 6.07) is 8.94. The van der Waals surface area contributed by atoms with E-state index in [1.165, 1.54) is 50.6 Å². The molecule has 1 amide bonds. The summed E-state index contributed by atoms with van der Waals surface area (Å²) in [6.45, 7) is -0.660. The highest BCUT2D eigenvalue weighted by Crippen LogP contribution is 2.32. The Labute approximate surface area is 177 Å². The molecule has 0 bridgehead atoms. The lowest BCUT2D eigenvalue weighted by atomic mass is 10.1. The zero-order valence-corrected chi connectivity index (χ0v) is 17.6. The van der Waals surface area contributed by atoms with Crippen LogP contribution in [0.3, 0.4) is 0 Å². The molecular weight excluding hydrogens is 439 g/mol. The number of carbonyl (C=O) groups is 1. The van der Waals surface area contributed by atoms with Crippen LogP contribution >= 0.6 is 0 Å². The van der Waals surface area contributed by atoms with Gasteiger partial charge >= 0.3 is 6.18 Å². The number of anilines is 1. The largest absolute Gasteiger partial charge is 0.493 e. The van der Waals surface area contributed by atoms with Crippen LogP contribution in [0.5, 0.6) is 11.5 Å². The number of amides is 1. The summed E-state index contributed by atoms with van der Waals surface area (Å²) in [5.74, 6) is -0.256. The van der Waals surface area contributed by atoms with Gasteiger partial charge in [0.25, 0.3) is 5.91 Å². The number of nitrogens with one attached hydrogen (secondary N) is 1. The minimum Gasteiger partial charge on any atom is -0.493 e. The molecule has 0 unspecified atom stereocenters. The van der Waals surface area contributed by atoms with E-state index in [1.54, 1.807) is 0 Å². The fourth-order valence-electron chi connectivity index (χ4n) is 2.59. The number of ether oxygens (including phenoxy) is 2. The molecule has 168 valence electrons. The molecule has 0 spiro atoms. The van der Waals surface area contributed by atoms with E-state index < -0.39 is 34.2 Å². The van der Waals surface area contributed by atoms with Crippen molar-refractivity contribution in [3.63, 3.8) is 0 Å². The van der Waals surface area contributed by atoms with Gasteiger partial charge < -0.3 is 9.47 Å². The Bertz CT molecular complexity index is 1070. The van der Waals surface area contributed by atoms with Crippen molar-refractivity contribution < 1.29 is 35.9 Å². The maximum Gasteiger partial charge on any atom is 0.417 e. The Hall–Kier alpha value is -3.28. The second kappa shape index (κ2) is 9.69. The summed E-state index contributed by atoms with van der Waals surface area (Å²) in [4.78, 5) is 12.2. The third kappa shape index (κ3) is 6.35. The lowest BCUT2D eigenvalue weighted by molar-refractivity contribution is -0.137. The predicted molar refractivity (Wildman–Crippen MR) is 109 cm³/mol. The molecule has 2 rings (SSSR count). The van der Waals surface area contributed by atoms with Gasteiger partial charge in [-0.3, -0.25) is 9.10 Å². The maximum atomic E-state index is 13.0. The normalized spacial score (nSPS) is 11.9. The Morgan fingerprint density at radius 3 is 2.35 bits per heavy atom. The van der Waals surface area contributed by atoms with E-state index in [0.717, 1.165) is 22.8 Å². The lowest BCUT2D eigenvalue weighted by Gasteiger charge is -2.22. The van der Waals surface area contributed by atoms with Crippen LogP contribution in [-0.2, 0) is 21.0 Å². The molecule has 1 N–H and O–H groups in total. The molecule has 0 heterocycles. The quantitative estimate of drug-likeness (QED) is 0.484. The van der Waals surface area contributed by atoms with Crippen molar-refractivity contribution in [3.05, 3.63) is 53.6 Å². The fraction of sp³-hybridized carbons (Fsp3) is 0.263. The van der Waals surface area contributed by atoms with Gasteiger partial charge in [0.05, 0.1) is 37.9 Å². The number of halogens is 3. The van der Waals surface area contributed by atoms with Crippen LogP contribution in [0.2, 0.25) is 0 Å². The standard InChI is InChI=1S/C19H20F3N3O5S/c1-29-16-9-8-14(10-17(16)30-2)25(31(3,27)28)12-18(26)24-23-11-13-6-4-5-7-15(13)19(20,21)22/h4-11H,12H2,1-3H3,(H,24,26)/b23-11-. The highest BCUT2D eigenvalue weighted by atomic mass is 32.2. The molecule has 31 heavy (non-hydrogen) atoms. The molecule has 0 radical (unpaired) electrons. The first-order valence-electron chi connectivity index (χ1n) is 8.65. The average Bonchev–Trinajstić information content (AvgIpc) is 2.70. The lowest BCUT2D eigenvalue weighted by Crippen LogP contribution is -2.39. The molecule has 0 saturated carbocycles. The van der Waals surface area contributed by atoms with Crippen molar-refractivity contribution in [1.82, 2.24) is 5.43 Å². The number of hydrogen-bond acceptors (Lipinski definition) is 6. The van der Waals surface area contributed by atoms with Gasteiger partial charge in [0, 0.05) is 11.6 Å². The van der Waals surface area contributed by atoms with E-state index in [9.17, 15) is 26.4 Å². The van der Waals surface area contributed by atoms with Crippen molar-refractivity contribution in [2.45, 2.75) is 6.18 Å². The first-order chi connectivity index (χ1) is 14.5. The Morgan fingerprint density at radius 1 is 1.13 bits per heavy atom. The minimum absolute atomic E-state index is 0.127. The summed E-state index contributed by atoms with van der Waals surface area (Å²) in [7, 11) is -1.11. The second-order valence-electron chi connectivity index (χ2n) is 6.19. The van der Waals surface area contributed by atoms with Crippen molar-refractivity contribution in [2.24, 2.45) is 5.10 Å². The summed E-state index contributed by atoms with van der Waals surface area (Å²) >= 11 is 0. The van der Waals surface area contributed by atoms with Crippen LogP contribution in [-0.4, -0.2) is 47.6 Å². The van der Waals surface area contributed by atoms with Crippen LogP contribution in [0.1, 0.15) is 11.1 Å². The highest BCUT2D eigenvalue weighted by Gasteiger charge is 2.32. The number of rotatable bonds is 8. The Kier molecular flexibility index (Phi) is 7.50. The summed E-state index contributed by atoms with van der Waals surface area (Å²) in [5.41, 5.74) is 0.986. The Balaban J connectivity index is 2.19. The predicted octanol–water partition coefficient (Wildman–Crippen LogP) is 2.64. The SMILES string of the molecule is COc1ccc(N(CC(=O)N/N=C\c2ccccc2C(F)(F)F)S(C)(=O)=O)cc1OC. The van der Waals surface area contributed by atoms with E-state index in [4.69, 9.17) is 9.47 Å². The third-order valence-corrected chi connectivity index (χ3v) is 5.14. The van der Waals surface area contributed by atoms with E-state index in [1.807, 2.05) is 5.43 Å². The monoisotopic (exact) mass is 459 g/mol. The van der Waals surface area contributed by atoms with Crippen LogP contribution in [0.4, 0.5) is 18.9 Å². The van der Waals surface area contributed by atoms with E-state index in [0.29, 0.717) is 5.75 Å². The number of alkyl halides is 3. The summed E-state index contributed by atoms with van der Waals surface area (Å²) < 4.78 is 74.4. The molecule has 0 atom stereocenters. The average molecular weight is 459 g/mol. The highest BCUT2D eigenvalue weighted by molar-refractivity contribution is 7.92. The molecule has 0 aromatic heterocycles. The number of benzene rings is 2. The van der Waals surface area contributed by atoms with Crippen LogP contribution in [0.25, 0.3) is 0 Å². The first kappa shape index (κ1) is 24.0. The smallest absolute Gasteiger partial charge is 0.417 e. The van der Waals surface area contributed by atoms with Crippen molar-refractivity contribution in [1.29, 1.82) is 0 Å². The number of hydrazone groups is 1. The van der Waals surface area contributed by atoms with E-state index >= 15 is 0 Å². The zero-order valence-electron chi connectivity index (χ0n) is 16.8. The molecule has 0 aliphatic carbocycles. The van der Waals surface area contributed by atoms with Gasteiger partial charge in [-0.05, 0) is 18.2 Å². The zero-order chi connectivity index (χ0) is 23.2. The van der Waals surface area contributed by atoms with Gasteiger partial charge in [-0.2, -0.15) is 18.3 Å². The van der Waals surface area contributed by atoms with Crippen LogP contribution in [0, 0.1) is 0 Å². The number of sulfonamides is 1. The first-order valence-corrected chi connectivity index (χ1v) is 10.5. The number of carbonyl (C=O) groups excluding carboxylic acids is 1. The van der Waals surface area contributed by atoms with Crippen LogP contribution < -0.4 is 19.2 Å². The van der Waals surface area contributed by atoms with Gasteiger partial charge in [0.2, 0.25) is 10.0 Å². The molecule has 0 saturated heterocycles. The minimum atomic E-state index is -4.59. The molecule has 0 fully saturated rings. The Morgan fingerprint density at radius 2 is 1.77 bits per heavy atom. The van der Waals surface area contributed by atoms with E-state index in [2.05, 4.69) is 5.10 Å². The van der Waals surface area contributed by atoms with Crippen molar-refractivity contribution >= 4 is 27.8 Å². The van der Waals surface area contributed by atoms with Gasteiger partial charge in [-0.15, -0.1) is 0 Å². The van der Waals surface area contributed by atoms with Gasteiger partial charge in [0.1, 0.15) is 6.54 Å². The number of methoxy groups -OCH3 is 2.